The molecule has 1 saturated heterocycles. The first-order valence-corrected chi connectivity index (χ1v) is 8.38. The monoisotopic (exact) mass is 409 g/mol. The van der Waals surface area contributed by atoms with E-state index in [2.05, 4.69) is 10.6 Å². The van der Waals surface area contributed by atoms with E-state index in [4.69, 9.17) is 4.74 Å². The Balaban J connectivity index is 0.00000312. The Morgan fingerprint density at radius 2 is 2.00 bits per heavy atom. The van der Waals surface area contributed by atoms with Crippen molar-refractivity contribution in [2.45, 2.75) is 18.9 Å². The van der Waals surface area contributed by atoms with Crippen LogP contribution in [0.1, 0.15) is 24.4 Å². The Hall–Kier alpha value is -0.920. The Labute approximate surface area is 167 Å². The number of methoxy groups -OCH3 is 1. The number of nitrogens with one attached hydrogen (secondary N) is 2. The van der Waals surface area contributed by atoms with E-state index in [1.807, 2.05) is 25.1 Å². The Morgan fingerprint density at radius 3 is 2.54 bits per heavy atom. The van der Waals surface area contributed by atoms with E-state index >= 15 is 0 Å². The number of benzene rings is 1. The largest absolute Gasteiger partial charge is 0.384 e. The maximum Gasteiger partial charge on any atom is 0.228 e. The summed E-state index contributed by atoms with van der Waals surface area (Å²) in [5, 5.41) is 6.35. The van der Waals surface area contributed by atoms with E-state index in [0.717, 1.165) is 31.5 Å². The van der Waals surface area contributed by atoms with Gasteiger partial charge in [0.05, 0.1) is 18.1 Å². The molecule has 1 heterocycles. The van der Waals surface area contributed by atoms with Crippen LogP contribution < -0.4 is 10.6 Å². The van der Waals surface area contributed by atoms with E-state index in [0.29, 0.717) is 13.2 Å². The molecule has 1 fully saturated rings. The van der Waals surface area contributed by atoms with Crippen molar-refractivity contribution in [3.8, 4) is 0 Å². The molecule has 0 radical (unpaired) electrons. The average Bonchev–Trinajstić information content (AvgIpc) is 2.56. The Bertz CT molecular complexity index is 549. The van der Waals surface area contributed by atoms with E-state index in [9.17, 15) is 9.18 Å². The number of hydrogen-bond acceptors (Lipinski definition) is 4. The molecule has 0 saturated carbocycles. The van der Waals surface area contributed by atoms with Gasteiger partial charge in [0.15, 0.2) is 0 Å². The number of piperidine rings is 1. The van der Waals surface area contributed by atoms with Gasteiger partial charge < -0.3 is 20.3 Å². The number of amides is 1. The standard InChI is InChI=1S/C18H28FN3O2.2ClH/c1-22(2)16(14-5-4-6-15(19)11-14)12-21-17(23)18(13-24-3)7-9-20-10-8-18;;/h4-6,11,16,20H,7-10,12-13H2,1-3H3,(H,21,23);2*1H. The lowest BCUT2D eigenvalue weighted by Crippen LogP contribution is -2.51. The lowest BCUT2D eigenvalue weighted by Gasteiger charge is -2.36. The van der Waals surface area contributed by atoms with Gasteiger partial charge in [-0.2, -0.15) is 0 Å². The smallest absolute Gasteiger partial charge is 0.228 e. The van der Waals surface area contributed by atoms with Gasteiger partial charge in [-0.25, -0.2) is 4.39 Å². The first-order chi connectivity index (χ1) is 11.5. The topological polar surface area (TPSA) is 53.6 Å². The second kappa shape index (κ2) is 11.7. The van der Waals surface area contributed by atoms with Crippen LogP contribution in [0, 0.1) is 11.2 Å². The highest BCUT2D eigenvalue weighted by Crippen LogP contribution is 2.30. The van der Waals surface area contributed by atoms with Gasteiger partial charge in [-0.3, -0.25) is 4.79 Å². The summed E-state index contributed by atoms with van der Waals surface area (Å²) < 4.78 is 18.8. The molecule has 0 aliphatic carbocycles. The van der Waals surface area contributed by atoms with Crippen LogP contribution in [0.25, 0.3) is 0 Å². The number of ether oxygens (including phenoxy) is 1. The van der Waals surface area contributed by atoms with Crippen molar-refractivity contribution in [2.24, 2.45) is 5.41 Å². The van der Waals surface area contributed by atoms with Gasteiger partial charge in [-0.1, -0.05) is 12.1 Å². The highest BCUT2D eigenvalue weighted by atomic mass is 35.5. The molecule has 1 aliphatic rings. The fraction of sp³-hybridized carbons (Fsp3) is 0.611. The summed E-state index contributed by atoms with van der Waals surface area (Å²) in [6, 6.07) is 6.45. The van der Waals surface area contributed by atoms with Gasteiger partial charge in [-0.15, -0.1) is 24.8 Å². The molecule has 1 aliphatic heterocycles. The van der Waals surface area contributed by atoms with Gasteiger partial charge in [0.1, 0.15) is 5.82 Å². The van der Waals surface area contributed by atoms with Crippen LogP contribution >= 0.6 is 24.8 Å². The predicted molar refractivity (Wildman–Crippen MR) is 107 cm³/mol. The molecule has 0 bridgehead atoms. The summed E-state index contributed by atoms with van der Waals surface area (Å²) in [5.74, 6) is -0.242. The van der Waals surface area contributed by atoms with Gasteiger partial charge in [0, 0.05) is 13.7 Å². The van der Waals surface area contributed by atoms with E-state index < -0.39 is 5.41 Å². The normalized spacial score (nSPS) is 17.0. The molecule has 1 unspecified atom stereocenters. The molecule has 0 aromatic heterocycles. The van der Waals surface area contributed by atoms with Crippen LogP contribution in [-0.2, 0) is 9.53 Å². The minimum absolute atomic E-state index is 0. The van der Waals surface area contributed by atoms with Crippen molar-refractivity contribution in [1.82, 2.24) is 15.5 Å². The molecule has 5 nitrogen and oxygen atoms in total. The minimum atomic E-state index is -0.473. The molecule has 8 heteroatoms. The number of nitrogens with zero attached hydrogens (tertiary/aromatic N) is 1. The number of halogens is 3. The van der Waals surface area contributed by atoms with Crippen molar-refractivity contribution in [3.63, 3.8) is 0 Å². The van der Waals surface area contributed by atoms with Crippen LogP contribution in [0.15, 0.2) is 24.3 Å². The number of carbonyl (C=O) groups excluding carboxylic acids is 1. The summed E-state index contributed by atoms with van der Waals surface area (Å²) in [5.41, 5.74) is 0.380. The quantitative estimate of drug-likeness (QED) is 0.725. The van der Waals surface area contributed by atoms with Crippen molar-refractivity contribution in [1.29, 1.82) is 0 Å². The highest BCUT2D eigenvalue weighted by molar-refractivity contribution is 5.85. The third-order valence-corrected chi connectivity index (χ3v) is 4.78. The number of carbonyl (C=O) groups is 1. The summed E-state index contributed by atoms with van der Waals surface area (Å²) in [7, 11) is 5.49. The van der Waals surface area contributed by atoms with Gasteiger partial charge >= 0.3 is 0 Å². The highest BCUT2D eigenvalue weighted by Gasteiger charge is 2.39. The second-order valence-corrected chi connectivity index (χ2v) is 6.71. The maximum absolute atomic E-state index is 13.5. The first-order valence-electron chi connectivity index (χ1n) is 8.38. The van der Waals surface area contributed by atoms with Crippen LogP contribution in [0.3, 0.4) is 0 Å². The SMILES string of the molecule is COCC1(C(=O)NCC(c2cccc(F)c2)N(C)C)CCNCC1.Cl.Cl. The molecule has 0 spiro atoms. The molecule has 1 aromatic carbocycles. The van der Waals surface area contributed by atoms with Crippen LogP contribution in [0.5, 0.6) is 0 Å². The zero-order valence-electron chi connectivity index (χ0n) is 15.6. The van der Waals surface area contributed by atoms with E-state index in [1.54, 1.807) is 13.2 Å². The van der Waals surface area contributed by atoms with Crippen molar-refractivity contribution in [2.75, 3.05) is 47.4 Å². The lowest BCUT2D eigenvalue weighted by atomic mass is 9.78. The van der Waals surface area contributed by atoms with E-state index in [1.165, 1.54) is 12.1 Å². The molecule has 26 heavy (non-hydrogen) atoms. The predicted octanol–water partition coefficient (Wildman–Crippen LogP) is 2.40. The van der Waals surface area contributed by atoms with Gasteiger partial charge in [0.2, 0.25) is 5.91 Å². The van der Waals surface area contributed by atoms with Crippen molar-refractivity contribution < 1.29 is 13.9 Å². The third-order valence-electron chi connectivity index (χ3n) is 4.78. The molecule has 2 rings (SSSR count). The molecular weight excluding hydrogens is 380 g/mol. The fourth-order valence-corrected chi connectivity index (χ4v) is 3.31. The van der Waals surface area contributed by atoms with Gasteiger partial charge in [-0.05, 0) is 57.7 Å². The number of hydrogen-bond donors (Lipinski definition) is 2. The van der Waals surface area contributed by atoms with Crippen LogP contribution in [0.2, 0.25) is 0 Å². The summed E-state index contributed by atoms with van der Waals surface area (Å²) in [6.07, 6.45) is 1.53. The van der Waals surface area contributed by atoms with Crippen LogP contribution in [0.4, 0.5) is 4.39 Å². The van der Waals surface area contributed by atoms with Crippen molar-refractivity contribution >= 4 is 30.7 Å². The Morgan fingerprint density at radius 1 is 1.35 bits per heavy atom. The fourth-order valence-electron chi connectivity index (χ4n) is 3.31. The third kappa shape index (κ3) is 6.35. The number of rotatable bonds is 7. The Kier molecular flexibility index (Phi) is 11.3. The first kappa shape index (κ1) is 25.1. The summed E-state index contributed by atoms with van der Waals surface area (Å²) in [4.78, 5) is 14.8. The minimum Gasteiger partial charge on any atom is -0.384 e. The summed E-state index contributed by atoms with van der Waals surface area (Å²) in [6.45, 7) is 2.50. The number of likely N-dealkylation sites (N-methyl/N-ethyl adjacent to an activating group) is 1. The molecule has 1 atom stereocenters. The van der Waals surface area contributed by atoms with Crippen LogP contribution in [-0.4, -0.2) is 58.3 Å². The van der Waals surface area contributed by atoms with Crippen molar-refractivity contribution in [3.05, 3.63) is 35.6 Å². The lowest BCUT2D eigenvalue weighted by molar-refractivity contribution is -0.136. The zero-order chi connectivity index (χ0) is 17.6. The average molecular weight is 410 g/mol. The maximum atomic E-state index is 13.5. The second-order valence-electron chi connectivity index (χ2n) is 6.71. The van der Waals surface area contributed by atoms with E-state index in [-0.39, 0.29) is 42.6 Å². The molecular formula is C18H30Cl2FN3O2. The summed E-state index contributed by atoms with van der Waals surface area (Å²) >= 11 is 0. The molecule has 1 amide bonds. The molecule has 150 valence electrons. The molecule has 2 N–H and O–H groups in total. The molecule has 1 aromatic rings. The van der Waals surface area contributed by atoms with Gasteiger partial charge in [0.25, 0.3) is 0 Å². The zero-order valence-corrected chi connectivity index (χ0v) is 17.2.